The number of halogens is 3. The fraction of sp³-hybridized carbons (Fsp3) is 0.667. The van der Waals surface area contributed by atoms with Gasteiger partial charge in [-0.25, -0.2) is 0 Å². The molecule has 2 atom stereocenters. The fourth-order valence-corrected chi connectivity index (χ4v) is 1.90. The molecule has 0 bridgehead atoms. The lowest BCUT2D eigenvalue weighted by Gasteiger charge is -2.20. The fourth-order valence-electron chi connectivity index (χ4n) is 1.90. The summed E-state index contributed by atoms with van der Waals surface area (Å²) in [4.78, 5) is 0. The van der Waals surface area contributed by atoms with Crippen LogP contribution in [-0.4, -0.2) is 17.4 Å². The Morgan fingerprint density at radius 2 is 2.19 bits per heavy atom. The van der Waals surface area contributed by atoms with Crippen molar-refractivity contribution in [2.24, 2.45) is 5.92 Å². The standard InChI is InChI=1S/C12H17F3O/c1-2-4-11(16)8-9-5-3-6-10(7-9)12(13,14)15/h3,6-7,9,11,16H,2,4-5,8H2,1H3. The third-order valence-electron chi connectivity index (χ3n) is 2.68. The van der Waals surface area contributed by atoms with Crippen LogP contribution in [0.15, 0.2) is 23.8 Å². The van der Waals surface area contributed by atoms with Crippen LogP contribution in [0.3, 0.4) is 0 Å². The zero-order valence-electron chi connectivity index (χ0n) is 9.30. The lowest BCUT2D eigenvalue weighted by Crippen LogP contribution is -2.17. The van der Waals surface area contributed by atoms with Gasteiger partial charge in [-0.1, -0.05) is 31.6 Å². The smallest absolute Gasteiger partial charge is 0.393 e. The number of aliphatic hydroxyl groups is 1. The van der Waals surface area contributed by atoms with Crippen LogP contribution in [0.4, 0.5) is 13.2 Å². The second kappa shape index (κ2) is 5.53. The molecule has 0 aromatic carbocycles. The Kier molecular flexibility index (Phi) is 4.59. The third-order valence-corrected chi connectivity index (χ3v) is 2.68. The molecule has 0 aliphatic heterocycles. The predicted molar refractivity (Wildman–Crippen MR) is 56.9 cm³/mol. The van der Waals surface area contributed by atoms with E-state index in [0.717, 1.165) is 12.5 Å². The average Bonchev–Trinajstić information content (AvgIpc) is 2.17. The van der Waals surface area contributed by atoms with Crippen LogP contribution in [-0.2, 0) is 0 Å². The van der Waals surface area contributed by atoms with E-state index in [0.29, 0.717) is 19.3 Å². The topological polar surface area (TPSA) is 20.2 Å². The molecule has 0 aromatic heterocycles. The molecule has 2 unspecified atom stereocenters. The summed E-state index contributed by atoms with van der Waals surface area (Å²) in [7, 11) is 0. The molecule has 0 spiro atoms. The Bertz CT molecular complexity index is 278. The van der Waals surface area contributed by atoms with Crippen molar-refractivity contribution in [1.29, 1.82) is 0 Å². The number of aliphatic hydroxyl groups excluding tert-OH is 1. The first kappa shape index (κ1) is 13.3. The maximum atomic E-state index is 12.4. The molecule has 0 aromatic rings. The van der Waals surface area contributed by atoms with Crippen LogP contribution in [0.2, 0.25) is 0 Å². The molecule has 0 radical (unpaired) electrons. The van der Waals surface area contributed by atoms with Crippen molar-refractivity contribution in [3.05, 3.63) is 23.8 Å². The van der Waals surface area contributed by atoms with Crippen molar-refractivity contribution in [3.63, 3.8) is 0 Å². The minimum atomic E-state index is -4.27. The van der Waals surface area contributed by atoms with E-state index < -0.39 is 17.9 Å². The van der Waals surface area contributed by atoms with Gasteiger partial charge in [-0.05, 0) is 25.2 Å². The summed E-state index contributed by atoms with van der Waals surface area (Å²) in [6.45, 7) is 1.95. The number of allylic oxidation sites excluding steroid dienone is 4. The van der Waals surface area contributed by atoms with E-state index in [1.54, 1.807) is 0 Å². The lowest BCUT2D eigenvalue weighted by molar-refractivity contribution is -0.0890. The second-order valence-electron chi connectivity index (χ2n) is 4.20. The van der Waals surface area contributed by atoms with E-state index in [1.807, 2.05) is 6.92 Å². The van der Waals surface area contributed by atoms with Gasteiger partial charge in [0.05, 0.1) is 11.7 Å². The van der Waals surface area contributed by atoms with Gasteiger partial charge in [0, 0.05) is 0 Å². The van der Waals surface area contributed by atoms with E-state index in [-0.39, 0.29) is 5.92 Å². The van der Waals surface area contributed by atoms with Gasteiger partial charge >= 0.3 is 6.18 Å². The first-order valence-corrected chi connectivity index (χ1v) is 5.57. The molecular formula is C12H17F3O. The molecule has 1 rings (SSSR count). The largest absolute Gasteiger partial charge is 0.416 e. The van der Waals surface area contributed by atoms with E-state index in [9.17, 15) is 18.3 Å². The molecule has 1 nitrogen and oxygen atoms in total. The highest BCUT2D eigenvalue weighted by Crippen LogP contribution is 2.32. The van der Waals surface area contributed by atoms with Crippen LogP contribution in [0.1, 0.15) is 32.6 Å². The van der Waals surface area contributed by atoms with Crippen LogP contribution >= 0.6 is 0 Å². The molecule has 0 fully saturated rings. The number of alkyl halides is 3. The Hall–Kier alpha value is -0.770. The van der Waals surface area contributed by atoms with Crippen LogP contribution < -0.4 is 0 Å². The molecule has 0 saturated carbocycles. The maximum Gasteiger partial charge on any atom is 0.416 e. The Morgan fingerprint density at radius 1 is 1.50 bits per heavy atom. The SMILES string of the molecule is CCCC(O)CC1C=C(C(F)(F)F)C=CC1. The summed E-state index contributed by atoms with van der Waals surface area (Å²) in [5.74, 6) is -0.192. The predicted octanol–water partition coefficient (Wildman–Crippen LogP) is 3.60. The summed E-state index contributed by atoms with van der Waals surface area (Å²) < 4.78 is 37.3. The third kappa shape index (κ3) is 4.00. The summed E-state index contributed by atoms with van der Waals surface area (Å²) in [5.41, 5.74) is -0.590. The van der Waals surface area contributed by atoms with Crippen molar-refractivity contribution in [1.82, 2.24) is 0 Å². The van der Waals surface area contributed by atoms with Crippen LogP contribution in [0.5, 0.6) is 0 Å². The normalized spacial score (nSPS) is 23.1. The summed E-state index contributed by atoms with van der Waals surface area (Å²) in [6.07, 6.45) is 1.61. The van der Waals surface area contributed by atoms with Gasteiger partial charge in [0.15, 0.2) is 0 Å². The van der Waals surface area contributed by atoms with Crippen molar-refractivity contribution in [2.75, 3.05) is 0 Å². The van der Waals surface area contributed by atoms with Gasteiger partial charge in [0.2, 0.25) is 0 Å². The zero-order valence-corrected chi connectivity index (χ0v) is 9.30. The molecule has 0 heterocycles. The molecule has 1 aliphatic rings. The molecule has 4 heteroatoms. The quantitative estimate of drug-likeness (QED) is 0.788. The van der Waals surface area contributed by atoms with Gasteiger partial charge in [-0.15, -0.1) is 0 Å². The number of rotatable bonds is 4. The first-order chi connectivity index (χ1) is 7.43. The van der Waals surface area contributed by atoms with E-state index in [1.165, 1.54) is 12.2 Å². The molecule has 1 aliphatic carbocycles. The maximum absolute atomic E-state index is 12.4. The molecule has 0 amide bonds. The summed E-state index contributed by atoms with van der Waals surface area (Å²) >= 11 is 0. The Balaban J connectivity index is 2.58. The number of hydrogen-bond donors (Lipinski definition) is 1. The van der Waals surface area contributed by atoms with Gasteiger partial charge in [-0.2, -0.15) is 13.2 Å². The monoisotopic (exact) mass is 234 g/mol. The highest BCUT2D eigenvalue weighted by Gasteiger charge is 2.33. The lowest BCUT2D eigenvalue weighted by atomic mass is 9.90. The molecular weight excluding hydrogens is 217 g/mol. The molecule has 92 valence electrons. The second-order valence-corrected chi connectivity index (χ2v) is 4.20. The van der Waals surface area contributed by atoms with Crippen molar-refractivity contribution < 1.29 is 18.3 Å². The van der Waals surface area contributed by atoms with Gasteiger partial charge < -0.3 is 5.11 Å². The van der Waals surface area contributed by atoms with Crippen LogP contribution in [0, 0.1) is 5.92 Å². The summed E-state index contributed by atoms with van der Waals surface area (Å²) in [6, 6.07) is 0. The average molecular weight is 234 g/mol. The molecule has 16 heavy (non-hydrogen) atoms. The minimum Gasteiger partial charge on any atom is -0.393 e. The summed E-state index contributed by atoms with van der Waals surface area (Å²) in [5, 5.41) is 9.56. The van der Waals surface area contributed by atoms with E-state index in [2.05, 4.69) is 0 Å². The highest BCUT2D eigenvalue weighted by molar-refractivity contribution is 5.28. The van der Waals surface area contributed by atoms with Crippen molar-refractivity contribution in [2.45, 2.75) is 44.9 Å². The highest BCUT2D eigenvalue weighted by atomic mass is 19.4. The Morgan fingerprint density at radius 3 is 2.75 bits per heavy atom. The molecule has 1 N–H and O–H groups in total. The first-order valence-electron chi connectivity index (χ1n) is 5.57. The van der Waals surface area contributed by atoms with Crippen molar-refractivity contribution >= 4 is 0 Å². The molecule has 0 saturated heterocycles. The van der Waals surface area contributed by atoms with E-state index in [4.69, 9.17) is 0 Å². The van der Waals surface area contributed by atoms with Crippen LogP contribution in [0.25, 0.3) is 0 Å². The number of hydrogen-bond acceptors (Lipinski definition) is 1. The van der Waals surface area contributed by atoms with Crippen molar-refractivity contribution in [3.8, 4) is 0 Å². The minimum absolute atomic E-state index is 0.192. The Labute approximate surface area is 93.7 Å². The van der Waals surface area contributed by atoms with Gasteiger partial charge in [0.1, 0.15) is 0 Å². The van der Waals surface area contributed by atoms with E-state index >= 15 is 0 Å². The zero-order chi connectivity index (χ0) is 12.2. The van der Waals surface area contributed by atoms with Gasteiger partial charge in [0.25, 0.3) is 0 Å². The van der Waals surface area contributed by atoms with Gasteiger partial charge in [-0.3, -0.25) is 0 Å².